The Morgan fingerprint density at radius 1 is 1.02 bits per heavy atom. The van der Waals surface area contributed by atoms with Crippen molar-refractivity contribution in [2.45, 2.75) is 59.1 Å². The van der Waals surface area contributed by atoms with E-state index in [1.54, 1.807) is 7.11 Å². The van der Waals surface area contributed by atoms with Gasteiger partial charge in [0.1, 0.15) is 18.1 Å². The number of hydrogen-bond acceptors (Lipinski definition) is 6. The van der Waals surface area contributed by atoms with E-state index in [-0.39, 0.29) is 11.2 Å². The maximum atomic E-state index is 14.0. The molecule has 0 N–H and O–H groups in total. The van der Waals surface area contributed by atoms with Crippen molar-refractivity contribution in [3.05, 3.63) is 112 Å². The van der Waals surface area contributed by atoms with Crippen molar-refractivity contribution in [3.63, 3.8) is 0 Å². The number of carbonyl (C=O) groups excluding carboxylic acids is 1. The zero-order valence-corrected chi connectivity index (χ0v) is 28.6. The van der Waals surface area contributed by atoms with E-state index in [1.807, 2.05) is 60.7 Å². The third-order valence-corrected chi connectivity index (χ3v) is 9.81. The maximum Gasteiger partial charge on any atom is 0.374 e. The molecule has 2 heterocycles. The Bertz CT molecular complexity index is 1960. The van der Waals surface area contributed by atoms with Crippen LogP contribution in [-0.4, -0.2) is 25.2 Å². The highest BCUT2D eigenvalue weighted by atomic mass is 32.2. The molecule has 0 bridgehead atoms. The van der Waals surface area contributed by atoms with Crippen LogP contribution >= 0.6 is 11.8 Å². The van der Waals surface area contributed by atoms with Crippen molar-refractivity contribution >= 4 is 40.4 Å². The van der Waals surface area contributed by atoms with E-state index < -0.39 is 0 Å². The number of benzene rings is 3. The molecule has 1 aromatic heterocycles. The van der Waals surface area contributed by atoms with Gasteiger partial charge >= 0.3 is 5.89 Å². The van der Waals surface area contributed by atoms with Crippen LogP contribution in [0.25, 0.3) is 17.2 Å². The molecule has 2 aliphatic rings. The molecule has 1 aliphatic carbocycles. The maximum absolute atomic E-state index is 14.0. The number of aromatic nitrogens is 1. The van der Waals surface area contributed by atoms with E-state index in [0.717, 1.165) is 64.8 Å². The summed E-state index contributed by atoms with van der Waals surface area (Å²) in [6.07, 6.45) is 11.6. The predicted octanol–water partition coefficient (Wildman–Crippen LogP) is 8.40. The minimum Gasteiger partial charge on any atom is -0.497 e. The number of allylic oxidation sites excluding steroid dienone is 4. The molecule has 0 saturated heterocycles. The number of Topliss-reactive ketones (excluding diaryl/α,β-unsaturated/α-hetero) is 1. The van der Waals surface area contributed by atoms with E-state index in [2.05, 4.69) is 61.3 Å². The Kier molecular flexibility index (Phi) is 9.33. The number of rotatable bonds is 12. The second-order valence-corrected chi connectivity index (χ2v) is 13.3. The number of terminal acetylenes is 1. The summed E-state index contributed by atoms with van der Waals surface area (Å²) in [6.45, 7) is 10.8. The number of aryl methyl sites for hydroxylation is 1. The summed E-state index contributed by atoms with van der Waals surface area (Å²) < 4.78 is 20.2. The molecule has 0 saturated carbocycles. The summed E-state index contributed by atoms with van der Waals surface area (Å²) in [7, 11) is 1.69. The van der Waals surface area contributed by atoms with E-state index in [1.165, 1.54) is 17.3 Å². The lowest BCUT2D eigenvalue weighted by Crippen LogP contribution is -2.35. The van der Waals surface area contributed by atoms with Gasteiger partial charge in [0, 0.05) is 57.9 Å². The van der Waals surface area contributed by atoms with Gasteiger partial charge in [-0.15, -0.1) is 18.2 Å². The topological polar surface area (TPSA) is 55.8 Å². The first-order valence-electron chi connectivity index (χ1n) is 16.2. The number of methoxy groups -OCH3 is 1. The van der Waals surface area contributed by atoms with Gasteiger partial charge in [0.15, 0.2) is 12.3 Å². The highest BCUT2D eigenvalue weighted by Gasteiger charge is 2.43. The quantitative estimate of drug-likeness (QED) is 0.0877. The van der Waals surface area contributed by atoms with Crippen molar-refractivity contribution in [1.82, 2.24) is 0 Å². The number of oxazole rings is 1. The van der Waals surface area contributed by atoms with Crippen LogP contribution in [0.3, 0.4) is 0 Å². The number of thioether (sulfide) groups is 1. The normalized spacial score (nSPS) is 16.9. The van der Waals surface area contributed by atoms with Crippen LogP contribution in [0.1, 0.15) is 57.6 Å². The average Bonchev–Trinajstić information content (AvgIpc) is 3.53. The zero-order chi connectivity index (χ0) is 33.1. The molecule has 6 nitrogen and oxygen atoms in total. The number of anilines is 1. The van der Waals surface area contributed by atoms with Crippen molar-refractivity contribution < 1.29 is 23.3 Å². The minimum absolute atomic E-state index is 0.00630. The molecule has 0 spiro atoms. The molecule has 6 rings (SSSR count). The fraction of sp³-hybridized carbons (Fsp3) is 0.300. The SMILES string of the molecule is C#CCSC1=C(/C=C2/N(CCC)c3ccc(OC)cc3C2(C)C)C(=O)/C1=C\c1oc2cc(OCc3ccccc3)ccc2[n+]1CCC. The zero-order valence-electron chi connectivity index (χ0n) is 27.8. The minimum atomic E-state index is -0.323. The molecule has 3 aromatic carbocycles. The molecule has 0 unspecified atom stereocenters. The fourth-order valence-electron chi connectivity index (χ4n) is 6.41. The van der Waals surface area contributed by atoms with Crippen LogP contribution in [0.15, 0.2) is 99.0 Å². The third-order valence-electron chi connectivity index (χ3n) is 8.77. The molecule has 0 amide bonds. The van der Waals surface area contributed by atoms with Crippen molar-refractivity contribution in [2.75, 3.05) is 24.3 Å². The first-order chi connectivity index (χ1) is 22.8. The predicted molar refractivity (Wildman–Crippen MR) is 191 cm³/mol. The van der Waals surface area contributed by atoms with Crippen LogP contribution in [-0.2, 0) is 23.4 Å². The average molecular weight is 646 g/mol. The summed E-state index contributed by atoms with van der Waals surface area (Å²) in [4.78, 5) is 17.2. The summed E-state index contributed by atoms with van der Waals surface area (Å²) in [6, 6.07) is 22.2. The van der Waals surface area contributed by atoms with Crippen LogP contribution in [0.5, 0.6) is 11.5 Å². The van der Waals surface area contributed by atoms with Gasteiger partial charge < -0.3 is 18.8 Å². The summed E-state index contributed by atoms with van der Waals surface area (Å²) in [5, 5.41) is 0. The smallest absolute Gasteiger partial charge is 0.374 e. The Hall–Kier alpha value is -4.67. The molecule has 4 aromatic rings. The molecule has 0 atom stereocenters. The van der Waals surface area contributed by atoms with Gasteiger partial charge in [-0.25, -0.2) is 0 Å². The highest BCUT2D eigenvalue weighted by molar-refractivity contribution is 8.03. The Labute approximate surface area is 281 Å². The van der Waals surface area contributed by atoms with E-state index in [4.69, 9.17) is 20.3 Å². The number of ether oxygens (including phenoxy) is 2. The summed E-state index contributed by atoms with van der Waals surface area (Å²) in [5.74, 6) is 5.37. The molecule has 7 heteroatoms. The summed E-state index contributed by atoms with van der Waals surface area (Å²) >= 11 is 1.52. The van der Waals surface area contributed by atoms with Gasteiger partial charge in [-0.1, -0.05) is 63.9 Å². The lowest BCUT2D eigenvalue weighted by Gasteiger charge is -2.30. The second-order valence-electron chi connectivity index (χ2n) is 12.3. The van der Waals surface area contributed by atoms with Crippen LogP contribution in [0.2, 0.25) is 0 Å². The van der Waals surface area contributed by atoms with Crippen molar-refractivity contribution in [1.29, 1.82) is 0 Å². The lowest BCUT2D eigenvalue weighted by molar-refractivity contribution is -0.678. The van der Waals surface area contributed by atoms with E-state index in [0.29, 0.717) is 35.0 Å². The van der Waals surface area contributed by atoms with Gasteiger partial charge in [0.05, 0.1) is 18.9 Å². The van der Waals surface area contributed by atoms with E-state index >= 15 is 0 Å². The molecule has 240 valence electrons. The Morgan fingerprint density at radius 3 is 2.53 bits per heavy atom. The Balaban J connectivity index is 1.39. The Morgan fingerprint density at radius 2 is 1.81 bits per heavy atom. The van der Waals surface area contributed by atoms with Gasteiger partial charge in [0.25, 0.3) is 5.52 Å². The van der Waals surface area contributed by atoms with Crippen molar-refractivity contribution in [3.8, 4) is 23.8 Å². The molecule has 1 aliphatic heterocycles. The molecular formula is C40H41N2O4S+. The van der Waals surface area contributed by atoms with Crippen LogP contribution in [0, 0.1) is 12.3 Å². The van der Waals surface area contributed by atoms with Gasteiger partial charge in [-0.2, -0.15) is 4.57 Å². The highest BCUT2D eigenvalue weighted by Crippen LogP contribution is 2.51. The largest absolute Gasteiger partial charge is 0.497 e. The molecule has 47 heavy (non-hydrogen) atoms. The first kappa shape index (κ1) is 32.3. The summed E-state index contributed by atoms with van der Waals surface area (Å²) in [5.41, 5.74) is 7.19. The number of carbonyl (C=O) groups is 1. The number of nitrogens with zero attached hydrogens (tertiary/aromatic N) is 2. The second kappa shape index (κ2) is 13.6. The van der Waals surface area contributed by atoms with Crippen molar-refractivity contribution in [2.24, 2.45) is 0 Å². The number of ketones is 1. The number of fused-ring (bicyclic) bond motifs is 2. The first-order valence-corrected chi connectivity index (χ1v) is 17.2. The van der Waals surface area contributed by atoms with Crippen LogP contribution < -0.4 is 18.9 Å². The van der Waals surface area contributed by atoms with Gasteiger partial charge in [-0.3, -0.25) is 4.79 Å². The van der Waals surface area contributed by atoms with Crippen LogP contribution in [0.4, 0.5) is 5.69 Å². The van der Waals surface area contributed by atoms with Gasteiger partial charge in [0.2, 0.25) is 5.58 Å². The van der Waals surface area contributed by atoms with E-state index in [9.17, 15) is 4.79 Å². The number of hydrogen-bond donors (Lipinski definition) is 0. The fourth-order valence-corrected chi connectivity index (χ4v) is 7.25. The monoisotopic (exact) mass is 645 g/mol. The molecule has 0 radical (unpaired) electrons. The molecular weight excluding hydrogens is 605 g/mol. The molecule has 0 fully saturated rings. The standard InChI is InChI=1S/C40H41N2O4S/c1-7-19-41-33-17-15-28(44-6)22-32(33)40(4,5)36(41)24-30-38(43)31(39(30)47-21-9-3)25-37-42(20-8-2)34-18-16-29(23-35(34)46-37)45-26-27-13-11-10-12-14-27/h3,10-18,22-25H,7-8,19-21,26H2,1-2,4-6H3/q+1. The lowest BCUT2D eigenvalue weighted by atomic mass is 9.81. The van der Waals surface area contributed by atoms with Gasteiger partial charge in [-0.05, 0) is 47.9 Å². The third kappa shape index (κ3) is 6.11.